The fourth-order valence-corrected chi connectivity index (χ4v) is 4.30. The van der Waals surface area contributed by atoms with Gasteiger partial charge in [-0.2, -0.15) is 4.31 Å². The molecular weight excluding hydrogens is 318 g/mol. The molecule has 1 aliphatic heterocycles. The van der Waals surface area contributed by atoms with Crippen LogP contribution in [0.5, 0.6) is 5.75 Å². The molecule has 0 bridgehead atoms. The highest BCUT2D eigenvalue weighted by Gasteiger charge is 2.41. The molecule has 2 rings (SSSR count). The average molecular weight is 334 g/mol. The number of benzene rings is 1. The molecule has 0 aromatic heterocycles. The van der Waals surface area contributed by atoms with E-state index in [-0.39, 0.29) is 29.7 Å². The van der Waals surface area contributed by atoms with Gasteiger partial charge in [0.25, 0.3) is 0 Å². The smallest absolute Gasteiger partial charge is 0.308 e. The number of carboxylic acid groups (broad SMARTS) is 1. The first kappa shape index (κ1) is 16.1. The van der Waals surface area contributed by atoms with E-state index in [0.29, 0.717) is 5.02 Å². The molecule has 1 N–H and O–H groups in total. The lowest BCUT2D eigenvalue weighted by Gasteiger charge is -2.18. The Morgan fingerprint density at radius 3 is 2.62 bits per heavy atom. The maximum Gasteiger partial charge on any atom is 0.308 e. The number of carbonyl (C=O) groups is 1. The fourth-order valence-electron chi connectivity index (χ4n) is 2.43. The molecule has 1 heterocycles. The van der Waals surface area contributed by atoms with Gasteiger partial charge >= 0.3 is 5.97 Å². The second-order valence-corrected chi connectivity index (χ2v) is 7.38. The maximum absolute atomic E-state index is 12.6. The van der Waals surface area contributed by atoms with E-state index in [4.69, 9.17) is 21.4 Å². The third-order valence-corrected chi connectivity index (χ3v) is 5.75. The minimum Gasteiger partial charge on any atom is -0.495 e. The van der Waals surface area contributed by atoms with E-state index in [1.165, 1.54) is 29.6 Å². The standard InChI is InChI=1S/C13H16ClNO5S/c1-8-6-15(7-10(8)13(16)17)21(18,19)12-4-3-9(14)5-11(12)20-2/h3-5,8,10H,6-7H2,1-2H3,(H,16,17). The number of carboxylic acids is 1. The van der Waals surface area contributed by atoms with Gasteiger partial charge in [-0.05, 0) is 18.1 Å². The number of rotatable bonds is 4. The quantitative estimate of drug-likeness (QED) is 0.906. The number of hydrogen-bond donors (Lipinski definition) is 1. The Labute approximate surface area is 128 Å². The first-order chi connectivity index (χ1) is 9.77. The Kier molecular flexibility index (Phi) is 4.46. The van der Waals surface area contributed by atoms with E-state index in [1.807, 2.05) is 0 Å². The van der Waals surface area contributed by atoms with Crippen LogP contribution in [-0.4, -0.2) is 44.0 Å². The van der Waals surface area contributed by atoms with E-state index in [0.717, 1.165) is 0 Å². The highest BCUT2D eigenvalue weighted by molar-refractivity contribution is 7.89. The fraction of sp³-hybridized carbons (Fsp3) is 0.462. The molecule has 21 heavy (non-hydrogen) atoms. The lowest BCUT2D eigenvalue weighted by molar-refractivity contribution is -0.142. The predicted octanol–water partition coefficient (Wildman–Crippen LogP) is 1.69. The molecule has 6 nitrogen and oxygen atoms in total. The van der Waals surface area contributed by atoms with Crippen LogP contribution >= 0.6 is 11.6 Å². The number of nitrogens with zero attached hydrogens (tertiary/aromatic N) is 1. The lowest BCUT2D eigenvalue weighted by Crippen LogP contribution is -2.30. The van der Waals surface area contributed by atoms with Crippen LogP contribution in [0.3, 0.4) is 0 Å². The van der Waals surface area contributed by atoms with Crippen molar-refractivity contribution >= 4 is 27.6 Å². The summed E-state index contributed by atoms with van der Waals surface area (Å²) in [4.78, 5) is 11.1. The van der Waals surface area contributed by atoms with Gasteiger partial charge in [-0.15, -0.1) is 0 Å². The molecule has 1 aliphatic rings. The minimum absolute atomic E-state index is 0.00682. The highest BCUT2D eigenvalue weighted by Crippen LogP contribution is 2.33. The Bertz CT molecular complexity index is 661. The van der Waals surface area contributed by atoms with Gasteiger partial charge in [-0.1, -0.05) is 18.5 Å². The molecule has 1 saturated heterocycles. The predicted molar refractivity (Wildman–Crippen MR) is 77.1 cm³/mol. The van der Waals surface area contributed by atoms with E-state index < -0.39 is 21.9 Å². The molecule has 8 heteroatoms. The van der Waals surface area contributed by atoms with Gasteiger partial charge in [0.1, 0.15) is 10.6 Å². The zero-order valence-electron chi connectivity index (χ0n) is 11.6. The molecule has 0 aliphatic carbocycles. The summed E-state index contributed by atoms with van der Waals surface area (Å²) >= 11 is 5.83. The monoisotopic (exact) mass is 333 g/mol. The van der Waals surface area contributed by atoms with E-state index >= 15 is 0 Å². The van der Waals surface area contributed by atoms with Crippen molar-refractivity contribution in [3.63, 3.8) is 0 Å². The summed E-state index contributed by atoms with van der Waals surface area (Å²) < 4.78 is 31.5. The molecule has 2 unspecified atom stereocenters. The number of sulfonamides is 1. The zero-order valence-corrected chi connectivity index (χ0v) is 13.2. The van der Waals surface area contributed by atoms with Gasteiger partial charge in [-0.25, -0.2) is 8.42 Å². The number of aliphatic carboxylic acids is 1. The van der Waals surface area contributed by atoms with Crippen molar-refractivity contribution in [3.05, 3.63) is 23.2 Å². The summed E-state index contributed by atoms with van der Waals surface area (Å²) in [6, 6.07) is 4.25. The van der Waals surface area contributed by atoms with Crippen LogP contribution in [0.2, 0.25) is 5.02 Å². The Hall–Kier alpha value is -1.31. The molecule has 0 radical (unpaired) electrons. The Balaban J connectivity index is 2.38. The molecule has 1 aromatic rings. The summed E-state index contributed by atoms with van der Waals surface area (Å²) in [5, 5.41) is 9.48. The van der Waals surface area contributed by atoms with Crippen LogP contribution in [0.15, 0.2) is 23.1 Å². The van der Waals surface area contributed by atoms with Crippen molar-refractivity contribution in [3.8, 4) is 5.75 Å². The average Bonchev–Trinajstić information content (AvgIpc) is 2.81. The Morgan fingerprint density at radius 2 is 2.10 bits per heavy atom. The first-order valence-corrected chi connectivity index (χ1v) is 8.15. The van der Waals surface area contributed by atoms with Crippen LogP contribution < -0.4 is 4.74 Å². The van der Waals surface area contributed by atoms with Crippen molar-refractivity contribution in [2.75, 3.05) is 20.2 Å². The number of ether oxygens (including phenoxy) is 1. The number of halogens is 1. The normalized spacial score (nSPS) is 23.2. The van der Waals surface area contributed by atoms with Gasteiger partial charge in [0.05, 0.1) is 13.0 Å². The largest absolute Gasteiger partial charge is 0.495 e. The molecule has 0 amide bonds. The van der Waals surface area contributed by atoms with Gasteiger partial charge in [0.2, 0.25) is 10.0 Å². The van der Waals surface area contributed by atoms with Crippen LogP contribution in [-0.2, 0) is 14.8 Å². The summed E-state index contributed by atoms with van der Waals surface area (Å²) in [5.41, 5.74) is 0. The van der Waals surface area contributed by atoms with Crippen LogP contribution in [0.4, 0.5) is 0 Å². The zero-order chi connectivity index (χ0) is 15.8. The van der Waals surface area contributed by atoms with Gasteiger partial charge < -0.3 is 9.84 Å². The van der Waals surface area contributed by atoms with Crippen LogP contribution in [0.1, 0.15) is 6.92 Å². The molecule has 2 atom stereocenters. The number of hydrogen-bond acceptors (Lipinski definition) is 4. The molecular formula is C13H16ClNO5S. The molecule has 1 aromatic carbocycles. The van der Waals surface area contributed by atoms with Crippen molar-refractivity contribution in [2.45, 2.75) is 11.8 Å². The summed E-state index contributed by atoms with van der Waals surface area (Å²) in [6.45, 7) is 1.86. The second-order valence-electron chi connectivity index (χ2n) is 5.04. The summed E-state index contributed by atoms with van der Waals surface area (Å²) in [6.07, 6.45) is 0. The second kappa shape index (κ2) is 5.82. The first-order valence-electron chi connectivity index (χ1n) is 6.34. The van der Waals surface area contributed by atoms with E-state index in [9.17, 15) is 13.2 Å². The van der Waals surface area contributed by atoms with Crippen molar-refractivity contribution in [2.24, 2.45) is 11.8 Å². The van der Waals surface area contributed by atoms with Gasteiger partial charge in [0, 0.05) is 24.2 Å². The third kappa shape index (κ3) is 3.00. The maximum atomic E-state index is 12.6. The molecule has 0 saturated carbocycles. The minimum atomic E-state index is -3.81. The van der Waals surface area contributed by atoms with Crippen molar-refractivity contribution in [1.82, 2.24) is 4.31 Å². The van der Waals surface area contributed by atoms with E-state index in [1.54, 1.807) is 6.92 Å². The molecule has 116 valence electrons. The number of methoxy groups -OCH3 is 1. The van der Waals surface area contributed by atoms with Crippen molar-refractivity contribution in [1.29, 1.82) is 0 Å². The van der Waals surface area contributed by atoms with Crippen LogP contribution in [0, 0.1) is 11.8 Å². The van der Waals surface area contributed by atoms with Gasteiger partial charge in [0.15, 0.2) is 0 Å². The van der Waals surface area contributed by atoms with Gasteiger partial charge in [-0.3, -0.25) is 4.79 Å². The molecule has 1 fully saturated rings. The van der Waals surface area contributed by atoms with Crippen LogP contribution in [0.25, 0.3) is 0 Å². The van der Waals surface area contributed by atoms with E-state index in [2.05, 4.69) is 0 Å². The summed E-state index contributed by atoms with van der Waals surface area (Å²) in [7, 11) is -2.45. The Morgan fingerprint density at radius 1 is 1.43 bits per heavy atom. The SMILES string of the molecule is COc1cc(Cl)ccc1S(=O)(=O)N1CC(C)C(C(=O)O)C1. The molecule has 0 spiro atoms. The lowest BCUT2D eigenvalue weighted by atomic mass is 9.99. The topological polar surface area (TPSA) is 83.9 Å². The third-order valence-electron chi connectivity index (χ3n) is 3.64. The summed E-state index contributed by atoms with van der Waals surface area (Å²) in [5.74, 6) is -1.77. The highest BCUT2D eigenvalue weighted by atomic mass is 35.5. The van der Waals surface area contributed by atoms with Crippen molar-refractivity contribution < 1.29 is 23.1 Å².